The van der Waals surface area contributed by atoms with Gasteiger partial charge in [-0.15, -0.1) is 0 Å². The molecular formula is C21H20F3N3O5. The number of nitrogens with one attached hydrogen (secondary N) is 1. The molecule has 11 heteroatoms. The summed E-state index contributed by atoms with van der Waals surface area (Å²) in [4.78, 5) is 28.6. The van der Waals surface area contributed by atoms with Gasteiger partial charge in [-0.05, 0) is 19.3 Å². The number of hydrogen-bond acceptors (Lipinski definition) is 6. The van der Waals surface area contributed by atoms with Crippen molar-refractivity contribution in [1.82, 2.24) is 15.1 Å². The number of carbonyl (C=O) groups excluding carboxylic acids is 2. The second-order valence-electron chi connectivity index (χ2n) is 8.30. The number of aliphatic hydroxyl groups is 2. The second-order valence-corrected chi connectivity index (χ2v) is 8.30. The molecule has 1 aliphatic carbocycles. The highest BCUT2D eigenvalue weighted by Crippen LogP contribution is 2.40. The number of hydrogen-bond donors (Lipinski definition) is 3. The van der Waals surface area contributed by atoms with Crippen LogP contribution >= 0.6 is 0 Å². The van der Waals surface area contributed by atoms with E-state index in [0.29, 0.717) is 12.1 Å². The van der Waals surface area contributed by atoms with Crippen molar-refractivity contribution in [3.63, 3.8) is 0 Å². The summed E-state index contributed by atoms with van der Waals surface area (Å²) < 4.78 is 46.7. The van der Waals surface area contributed by atoms with Crippen LogP contribution in [0.1, 0.15) is 24.8 Å². The standard InChI is InChI=1S/C21H20F3N3O5/c22-9-3-14(23)12(15(24)4-9)6-25-20(30)13-7-26-8-16-27(10-1-2-11(5-10)32-16)21(31)17(26)19(29)18(13)28/h3-4,7,10-11,16,18,28-29H,1-2,5-6,8H2,(H,25,30)/t10-,11-,16-,18?/m1/s1. The highest BCUT2D eigenvalue weighted by atomic mass is 19.1. The van der Waals surface area contributed by atoms with Crippen LogP contribution in [0.4, 0.5) is 13.2 Å². The van der Waals surface area contributed by atoms with Gasteiger partial charge in [0, 0.05) is 36.5 Å². The molecule has 4 atom stereocenters. The monoisotopic (exact) mass is 451 g/mol. The van der Waals surface area contributed by atoms with Crippen LogP contribution < -0.4 is 5.32 Å². The van der Waals surface area contributed by atoms with E-state index >= 15 is 0 Å². The van der Waals surface area contributed by atoms with E-state index in [9.17, 15) is 33.0 Å². The molecule has 2 amide bonds. The second kappa shape index (κ2) is 7.52. The number of nitrogens with zero attached hydrogens (tertiary/aromatic N) is 2. The Morgan fingerprint density at radius 3 is 2.66 bits per heavy atom. The zero-order chi connectivity index (χ0) is 22.7. The van der Waals surface area contributed by atoms with Crippen LogP contribution in [0, 0.1) is 17.5 Å². The van der Waals surface area contributed by atoms with E-state index in [1.807, 2.05) is 0 Å². The highest BCUT2D eigenvalue weighted by Gasteiger charge is 2.50. The van der Waals surface area contributed by atoms with Gasteiger partial charge in [-0.3, -0.25) is 9.59 Å². The van der Waals surface area contributed by atoms with Gasteiger partial charge in [0.25, 0.3) is 11.8 Å². The first-order chi connectivity index (χ1) is 15.2. The lowest BCUT2D eigenvalue weighted by Crippen LogP contribution is -2.61. The van der Waals surface area contributed by atoms with Gasteiger partial charge in [-0.1, -0.05) is 0 Å². The molecule has 3 N–H and O–H groups in total. The fraction of sp³-hybridized carbons (Fsp3) is 0.429. The number of amides is 2. The van der Waals surface area contributed by atoms with Crippen LogP contribution in [0.15, 0.2) is 35.4 Å². The summed E-state index contributed by atoms with van der Waals surface area (Å²) in [7, 11) is 0. The first-order valence-corrected chi connectivity index (χ1v) is 10.2. The number of benzene rings is 1. The zero-order valence-corrected chi connectivity index (χ0v) is 16.7. The summed E-state index contributed by atoms with van der Waals surface area (Å²) >= 11 is 0. The van der Waals surface area contributed by atoms with E-state index in [4.69, 9.17) is 4.74 Å². The summed E-state index contributed by atoms with van der Waals surface area (Å²) in [5.41, 5.74) is -0.995. The minimum atomic E-state index is -1.80. The zero-order valence-electron chi connectivity index (χ0n) is 16.7. The Kier molecular flexibility index (Phi) is 4.90. The van der Waals surface area contributed by atoms with Crippen molar-refractivity contribution in [2.45, 2.75) is 50.3 Å². The van der Waals surface area contributed by atoms with Crippen LogP contribution in [-0.4, -0.2) is 62.8 Å². The topological polar surface area (TPSA) is 102 Å². The summed E-state index contributed by atoms with van der Waals surface area (Å²) in [6.07, 6.45) is 1.27. The first kappa shape index (κ1) is 20.8. The Balaban J connectivity index is 1.37. The molecule has 2 bridgehead atoms. The van der Waals surface area contributed by atoms with E-state index in [0.717, 1.165) is 19.3 Å². The van der Waals surface area contributed by atoms with Crippen LogP contribution in [0.2, 0.25) is 0 Å². The van der Waals surface area contributed by atoms with Gasteiger partial charge >= 0.3 is 0 Å². The summed E-state index contributed by atoms with van der Waals surface area (Å²) in [5, 5.41) is 23.3. The third-order valence-electron chi connectivity index (χ3n) is 6.37. The maximum absolute atomic E-state index is 13.8. The van der Waals surface area contributed by atoms with Crippen molar-refractivity contribution in [3.05, 3.63) is 58.4 Å². The number of ether oxygens (including phenoxy) is 1. The fourth-order valence-corrected chi connectivity index (χ4v) is 4.83. The van der Waals surface area contributed by atoms with Gasteiger partial charge in [0.15, 0.2) is 12.0 Å². The summed E-state index contributed by atoms with van der Waals surface area (Å²) in [6, 6.07) is 0.977. The Bertz CT molecular complexity index is 1050. The molecule has 2 saturated heterocycles. The molecule has 0 spiro atoms. The molecule has 3 aliphatic heterocycles. The average molecular weight is 451 g/mol. The predicted molar refractivity (Wildman–Crippen MR) is 102 cm³/mol. The molecule has 0 radical (unpaired) electrons. The number of rotatable bonds is 3. The van der Waals surface area contributed by atoms with Crippen LogP contribution in [0.25, 0.3) is 0 Å². The van der Waals surface area contributed by atoms with E-state index in [1.54, 1.807) is 4.90 Å². The van der Waals surface area contributed by atoms with Crippen LogP contribution in [-0.2, 0) is 20.9 Å². The molecule has 3 heterocycles. The van der Waals surface area contributed by atoms with Gasteiger partial charge in [-0.25, -0.2) is 13.2 Å². The van der Waals surface area contributed by atoms with E-state index < -0.39 is 59.5 Å². The highest BCUT2D eigenvalue weighted by molar-refractivity contribution is 5.99. The minimum Gasteiger partial charge on any atom is -0.507 e. The molecule has 1 saturated carbocycles. The first-order valence-electron chi connectivity index (χ1n) is 10.2. The van der Waals surface area contributed by atoms with Crippen molar-refractivity contribution in [1.29, 1.82) is 0 Å². The number of halogens is 3. The average Bonchev–Trinajstić information content (AvgIpc) is 3.10. The third-order valence-corrected chi connectivity index (χ3v) is 6.37. The van der Waals surface area contributed by atoms with Gasteiger partial charge in [0.2, 0.25) is 0 Å². The summed E-state index contributed by atoms with van der Waals surface area (Å²) in [6.45, 7) is -0.456. The van der Waals surface area contributed by atoms with Crippen molar-refractivity contribution >= 4 is 11.8 Å². The van der Waals surface area contributed by atoms with Crippen molar-refractivity contribution in [2.24, 2.45) is 0 Å². The lowest BCUT2D eigenvalue weighted by atomic mass is 9.98. The van der Waals surface area contributed by atoms with Crippen LogP contribution in [0.5, 0.6) is 0 Å². The SMILES string of the molecule is O=C(NCc1c(F)cc(F)cc1F)C1=CN2C[C@H]3O[C@@H]4CC[C@H](C4)N3C(=O)C2=C(O)C1O. The van der Waals surface area contributed by atoms with E-state index in [-0.39, 0.29) is 30.0 Å². The van der Waals surface area contributed by atoms with E-state index in [2.05, 4.69) is 5.32 Å². The predicted octanol–water partition coefficient (Wildman–Crippen LogP) is 1.17. The van der Waals surface area contributed by atoms with Gasteiger partial charge in [0.1, 0.15) is 29.3 Å². The molecule has 1 aromatic rings. The van der Waals surface area contributed by atoms with Crippen molar-refractivity contribution in [2.75, 3.05) is 6.54 Å². The molecule has 8 nitrogen and oxygen atoms in total. The number of aliphatic hydroxyl groups excluding tert-OH is 2. The Morgan fingerprint density at radius 1 is 1.22 bits per heavy atom. The molecular weight excluding hydrogens is 431 g/mol. The molecule has 170 valence electrons. The molecule has 32 heavy (non-hydrogen) atoms. The molecule has 0 aromatic heterocycles. The Hall–Kier alpha value is -3.05. The largest absolute Gasteiger partial charge is 0.507 e. The Labute approximate surface area is 180 Å². The number of fused-ring (bicyclic) bond motifs is 5. The lowest BCUT2D eigenvalue weighted by Gasteiger charge is -2.48. The molecule has 3 fully saturated rings. The van der Waals surface area contributed by atoms with Crippen molar-refractivity contribution in [3.8, 4) is 0 Å². The van der Waals surface area contributed by atoms with Crippen molar-refractivity contribution < 1.29 is 37.7 Å². The quantitative estimate of drug-likeness (QED) is 0.638. The maximum atomic E-state index is 13.8. The smallest absolute Gasteiger partial charge is 0.276 e. The lowest BCUT2D eigenvalue weighted by molar-refractivity contribution is -0.177. The molecule has 1 aromatic carbocycles. The Morgan fingerprint density at radius 2 is 1.94 bits per heavy atom. The summed E-state index contributed by atoms with van der Waals surface area (Å²) in [5.74, 6) is -5.51. The normalized spacial score (nSPS) is 29.0. The molecule has 1 unspecified atom stereocenters. The third kappa shape index (κ3) is 3.23. The fourth-order valence-electron chi connectivity index (χ4n) is 4.83. The number of carbonyl (C=O) groups is 2. The van der Waals surface area contributed by atoms with Gasteiger partial charge in [-0.2, -0.15) is 0 Å². The maximum Gasteiger partial charge on any atom is 0.276 e. The molecule has 5 rings (SSSR count). The van der Waals surface area contributed by atoms with Gasteiger partial charge in [0.05, 0.1) is 18.2 Å². The minimum absolute atomic E-state index is 0.0000186. The van der Waals surface area contributed by atoms with Gasteiger partial charge < -0.3 is 30.1 Å². The molecule has 4 aliphatic rings. The number of piperazine rings is 1. The van der Waals surface area contributed by atoms with E-state index in [1.165, 1.54) is 11.1 Å². The van der Waals surface area contributed by atoms with Crippen LogP contribution in [0.3, 0.4) is 0 Å².